The second kappa shape index (κ2) is 11.3. The van der Waals surface area contributed by atoms with Gasteiger partial charge in [-0.3, -0.25) is 4.79 Å². The van der Waals surface area contributed by atoms with Crippen molar-refractivity contribution in [1.29, 1.82) is 0 Å². The minimum Gasteiger partial charge on any atom is -0.303 e. The average Bonchev–Trinajstić information content (AvgIpc) is 3.21. The first-order valence-electron chi connectivity index (χ1n) is 12.1. The number of ketones is 1. The molecule has 0 N–H and O–H groups in total. The Morgan fingerprint density at radius 1 is 0.914 bits per heavy atom. The normalized spacial score (nSPS) is 18.5. The van der Waals surface area contributed by atoms with Crippen molar-refractivity contribution in [3.8, 4) is 0 Å². The van der Waals surface area contributed by atoms with E-state index in [0.29, 0.717) is 12.0 Å². The Hall–Kier alpha value is -2.76. The van der Waals surface area contributed by atoms with Crippen molar-refractivity contribution in [2.45, 2.75) is 35.7 Å². The third-order valence-corrected chi connectivity index (χ3v) is 8.80. The largest absolute Gasteiger partial charge is 0.303 e. The van der Waals surface area contributed by atoms with Gasteiger partial charge in [-0.15, -0.1) is 24.9 Å². The van der Waals surface area contributed by atoms with Crippen LogP contribution in [0.1, 0.15) is 58.0 Å². The van der Waals surface area contributed by atoms with Gasteiger partial charge in [0.1, 0.15) is 11.6 Å². The quantitative estimate of drug-likeness (QED) is 0.262. The van der Waals surface area contributed by atoms with Crippen molar-refractivity contribution in [3.05, 3.63) is 120 Å². The van der Waals surface area contributed by atoms with Crippen molar-refractivity contribution in [2.24, 2.45) is 0 Å². The molecular formula is C30H31F2NOS. The van der Waals surface area contributed by atoms with Crippen LogP contribution in [0.25, 0.3) is 0 Å². The molecule has 1 fully saturated rings. The molecule has 5 rings (SSSR count). The SMILES string of the molecule is C=C.O=C(CCCN1CCC2(CC1)SC(c1ccc(F)cc1)c1ccccc12)c1ccc(F)cc1. The molecule has 3 aromatic rings. The van der Waals surface area contributed by atoms with Crippen LogP contribution in [-0.2, 0) is 4.75 Å². The Morgan fingerprint density at radius 2 is 1.51 bits per heavy atom. The fourth-order valence-electron chi connectivity index (χ4n) is 5.15. The van der Waals surface area contributed by atoms with Gasteiger partial charge in [-0.2, -0.15) is 0 Å². The number of benzene rings is 3. The molecule has 0 saturated carbocycles. The second-order valence-corrected chi connectivity index (χ2v) is 10.5. The van der Waals surface area contributed by atoms with Crippen LogP contribution in [0.15, 0.2) is 86.0 Å². The van der Waals surface area contributed by atoms with E-state index in [-0.39, 0.29) is 27.4 Å². The van der Waals surface area contributed by atoms with Gasteiger partial charge in [0.15, 0.2) is 5.78 Å². The Kier molecular flexibility index (Phi) is 8.19. The van der Waals surface area contributed by atoms with Crippen LogP contribution >= 0.6 is 11.8 Å². The number of thioether (sulfide) groups is 1. The molecule has 35 heavy (non-hydrogen) atoms. The van der Waals surface area contributed by atoms with E-state index < -0.39 is 0 Å². The van der Waals surface area contributed by atoms with Gasteiger partial charge in [0.2, 0.25) is 0 Å². The van der Waals surface area contributed by atoms with E-state index in [1.165, 1.54) is 23.3 Å². The summed E-state index contributed by atoms with van der Waals surface area (Å²) >= 11 is 2.02. The maximum Gasteiger partial charge on any atom is 0.162 e. The van der Waals surface area contributed by atoms with Crippen LogP contribution in [-0.4, -0.2) is 30.3 Å². The lowest BCUT2D eigenvalue weighted by Gasteiger charge is -2.39. The Bertz CT molecular complexity index is 1140. The number of likely N-dealkylation sites (tertiary alicyclic amines) is 1. The van der Waals surface area contributed by atoms with E-state index in [2.05, 4.69) is 42.3 Å². The van der Waals surface area contributed by atoms with E-state index in [4.69, 9.17) is 0 Å². The molecule has 2 nitrogen and oxygen atoms in total. The number of rotatable bonds is 6. The number of hydrogen-bond acceptors (Lipinski definition) is 3. The highest BCUT2D eigenvalue weighted by Crippen LogP contribution is 2.61. The second-order valence-electron chi connectivity index (χ2n) is 9.01. The zero-order valence-electron chi connectivity index (χ0n) is 19.9. The molecule has 2 aliphatic heterocycles. The molecule has 1 spiro atoms. The van der Waals surface area contributed by atoms with E-state index >= 15 is 0 Å². The number of carbonyl (C=O) groups is 1. The molecule has 0 radical (unpaired) electrons. The lowest BCUT2D eigenvalue weighted by molar-refractivity contribution is 0.0971. The molecule has 1 unspecified atom stereocenters. The monoisotopic (exact) mass is 491 g/mol. The molecule has 2 aliphatic rings. The van der Waals surface area contributed by atoms with Gasteiger partial charge in [0.25, 0.3) is 0 Å². The number of halogens is 2. The summed E-state index contributed by atoms with van der Waals surface area (Å²) in [5.74, 6) is -0.441. The van der Waals surface area contributed by atoms with Gasteiger partial charge in [0.05, 0.1) is 5.25 Å². The van der Waals surface area contributed by atoms with Gasteiger partial charge in [0, 0.05) is 16.7 Å². The fraction of sp³-hybridized carbons (Fsp3) is 0.300. The van der Waals surface area contributed by atoms with Gasteiger partial charge in [-0.1, -0.05) is 36.4 Å². The third-order valence-electron chi connectivity index (χ3n) is 6.96. The fourth-order valence-corrected chi connectivity index (χ4v) is 6.95. The van der Waals surface area contributed by atoms with E-state index in [1.807, 2.05) is 23.9 Å². The smallest absolute Gasteiger partial charge is 0.162 e. The van der Waals surface area contributed by atoms with Gasteiger partial charge in [-0.05, 0) is 92.0 Å². The molecule has 0 aliphatic carbocycles. The number of carbonyl (C=O) groups excluding carboxylic acids is 1. The van der Waals surface area contributed by atoms with Crippen LogP contribution < -0.4 is 0 Å². The minimum atomic E-state index is -0.318. The lowest BCUT2D eigenvalue weighted by atomic mass is 9.84. The van der Waals surface area contributed by atoms with Crippen molar-refractivity contribution >= 4 is 17.5 Å². The summed E-state index contributed by atoms with van der Waals surface area (Å²) in [6, 6.07) is 21.5. The van der Waals surface area contributed by atoms with Gasteiger partial charge >= 0.3 is 0 Å². The summed E-state index contributed by atoms with van der Waals surface area (Å²) < 4.78 is 26.6. The van der Waals surface area contributed by atoms with Crippen LogP contribution in [0.5, 0.6) is 0 Å². The van der Waals surface area contributed by atoms with Crippen LogP contribution in [0, 0.1) is 11.6 Å². The Labute approximate surface area is 211 Å². The Morgan fingerprint density at radius 3 is 2.17 bits per heavy atom. The predicted octanol–water partition coefficient (Wildman–Crippen LogP) is 7.56. The molecule has 5 heteroatoms. The summed E-state index contributed by atoms with van der Waals surface area (Å²) in [5, 5.41) is 0.238. The third kappa shape index (κ3) is 5.57. The standard InChI is InChI=1S/C28H27F2NOS.C2H4/c29-22-11-7-20(8-12-22)26(32)6-3-17-31-18-15-28(16-19-31)25-5-2-1-4-24(25)27(33-28)21-9-13-23(30)14-10-21;1-2/h1-2,4-5,7-14,27H,3,6,15-19H2;1-2H2. The van der Waals surface area contributed by atoms with Gasteiger partial charge in [-0.25, -0.2) is 8.78 Å². The van der Waals surface area contributed by atoms with Crippen molar-refractivity contribution in [3.63, 3.8) is 0 Å². The molecular weight excluding hydrogens is 460 g/mol. The van der Waals surface area contributed by atoms with Crippen LogP contribution in [0.4, 0.5) is 8.78 Å². The van der Waals surface area contributed by atoms with Crippen molar-refractivity contribution in [2.75, 3.05) is 19.6 Å². The number of nitrogens with zero attached hydrogens (tertiary/aromatic N) is 1. The zero-order valence-corrected chi connectivity index (χ0v) is 20.7. The summed E-state index contributed by atoms with van der Waals surface area (Å²) in [4.78, 5) is 14.8. The Balaban J connectivity index is 0.00000141. The maximum absolute atomic E-state index is 13.5. The molecule has 0 bridgehead atoms. The number of Topliss-reactive ketones (excluding diaryl/α,β-unsaturated/α-hetero) is 1. The van der Waals surface area contributed by atoms with E-state index in [1.54, 1.807) is 24.3 Å². The van der Waals surface area contributed by atoms with E-state index in [0.717, 1.165) is 44.5 Å². The highest BCUT2D eigenvalue weighted by Gasteiger charge is 2.46. The minimum absolute atomic E-state index is 0.0749. The lowest BCUT2D eigenvalue weighted by Crippen LogP contribution is -2.40. The first-order valence-corrected chi connectivity index (χ1v) is 13.0. The highest BCUT2D eigenvalue weighted by atomic mass is 32.2. The van der Waals surface area contributed by atoms with Crippen LogP contribution in [0.2, 0.25) is 0 Å². The average molecular weight is 492 g/mol. The maximum atomic E-state index is 13.5. The molecule has 0 amide bonds. The van der Waals surface area contributed by atoms with Crippen molar-refractivity contribution < 1.29 is 13.6 Å². The van der Waals surface area contributed by atoms with E-state index in [9.17, 15) is 13.6 Å². The predicted molar refractivity (Wildman–Crippen MR) is 141 cm³/mol. The number of hydrogen-bond donors (Lipinski definition) is 0. The molecule has 182 valence electrons. The molecule has 0 aromatic heterocycles. The van der Waals surface area contributed by atoms with Crippen LogP contribution in [0.3, 0.4) is 0 Å². The van der Waals surface area contributed by atoms with Crippen molar-refractivity contribution in [1.82, 2.24) is 4.90 Å². The topological polar surface area (TPSA) is 20.3 Å². The first kappa shape index (κ1) is 25.3. The zero-order chi connectivity index (χ0) is 24.8. The highest BCUT2D eigenvalue weighted by molar-refractivity contribution is 8.01. The first-order chi connectivity index (χ1) is 17.0. The number of fused-ring (bicyclic) bond motifs is 2. The molecule has 1 saturated heterocycles. The molecule has 2 heterocycles. The summed E-state index contributed by atoms with van der Waals surface area (Å²) in [6.07, 6.45) is 3.43. The molecule has 1 atom stereocenters. The number of piperidine rings is 1. The summed E-state index contributed by atoms with van der Waals surface area (Å²) in [6.45, 7) is 8.90. The summed E-state index contributed by atoms with van der Waals surface area (Å²) in [7, 11) is 0. The molecule has 3 aromatic carbocycles. The van der Waals surface area contributed by atoms with Gasteiger partial charge < -0.3 is 4.90 Å². The summed E-state index contributed by atoms with van der Waals surface area (Å²) in [5.41, 5.74) is 4.52.